The zero-order valence-corrected chi connectivity index (χ0v) is 16.6. The summed E-state index contributed by atoms with van der Waals surface area (Å²) in [5.74, 6) is 0.0593. The summed E-state index contributed by atoms with van der Waals surface area (Å²) in [7, 11) is 0. The van der Waals surface area contributed by atoms with Crippen molar-refractivity contribution in [1.82, 2.24) is 9.80 Å². The van der Waals surface area contributed by atoms with Gasteiger partial charge in [0.05, 0.1) is 37.5 Å². The van der Waals surface area contributed by atoms with Crippen LogP contribution in [0.1, 0.15) is 35.7 Å². The first-order valence-electron chi connectivity index (χ1n) is 10.2. The first-order chi connectivity index (χ1) is 13.6. The largest absolute Gasteiger partial charge is 0.385 e. The van der Waals surface area contributed by atoms with Crippen molar-refractivity contribution in [2.45, 2.75) is 44.9 Å². The molecule has 7 heteroatoms. The van der Waals surface area contributed by atoms with Crippen LogP contribution >= 0.6 is 0 Å². The lowest BCUT2D eigenvalue weighted by Crippen LogP contribution is -2.59. The van der Waals surface area contributed by atoms with Gasteiger partial charge >= 0.3 is 0 Å². The maximum atomic E-state index is 13.4. The molecule has 0 aromatic heterocycles. The molecule has 0 spiro atoms. The van der Waals surface area contributed by atoms with Gasteiger partial charge < -0.3 is 24.6 Å². The number of fused-ring (bicyclic) bond motifs is 2. The van der Waals surface area contributed by atoms with Crippen molar-refractivity contribution in [2.75, 3.05) is 44.8 Å². The Labute approximate surface area is 166 Å². The van der Waals surface area contributed by atoms with E-state index in [-0.39, 0.29) is 23.9 Å². The third-order valence-electron chi connectivity index (χ3n) is 5.89. The van der Waals surface area contributed by atoms with Gasteiger partial charge in [0.2, 0.25) is 0 Å². The molecule has 3 saturated heterocycles. The Kier molecular flexibility index (Phi) is 5.55. The second-order valence-electron chi connectivity index (χ2n) is 7.85. The lowest BCUT2D eigenvalue weighted by atomic mass is 10.0. The number of hydrogen-bond acceptors (Lipinski definition) is 5. The summed E-state index contributed by atoms with van der Waals surface area (Å²) in [4.78, 5) is 30.1. The van der Waals surface area contributed by atoms with Crippen molar-refractivity contribution in [2.24, 2.45) is 0 Å². The molecule has 3 atom stereocenters. The third-order valence-corrected chi connectivity index (χ3v) is 5.89. The predicted octanol–water partition coefficient (Wildman–Crippen LogP) is 1.66. The SMILES string of the molecule is CCNc1ccc(C)cc1C(=O)N1C2CCC1CN(C(=O)C1COCCO1)C2. The molecule has 2 amide bonds. The van der Waals surface area contributed by atoms with Crippen molar-refractivity contribution >= 4 is 17.5 Å². The monoisotopic (exact) mass is 387 g/mol. The van der Waals surface area contributed by atoms with E-state index < -0.39 is 6.10 Å². The predicted molar refractivity (Wildman–Crippen MR) is 105 cm³/mol. The van der Waals surface area contributed by atoms with Crippen LogP contribution in [0.15, 0.2) is 18.2 Å². The molecule has 3 heterocycles. The average molecular weight is 387 g/mol. The highest BCUT2D eigenvalue weighted by Gasteiger charge is 2.45. The van der Waals surface area contributed by atoms with Gasteiger partial charge in [0.15, 0.2) is 6.10 Å². The van der Waals surface area contributed by atoms with E-state index in [4.69, 9.17) is 9.47 Å². The molecule has 152 valence electrons. The summed E-state index contributed by atoms with van der Waals surface area (Å²) in [6.45, 7) is 7.27. The molecule has 1 N–H and O–H groups in total. The smallest absolute Gasteiger partial charge is 0.256 e. The summed E-state index contributed by atoms with van der Waals surface area (Å²) >= 11 is 0. The van der Waals surface area contributed by atoms with Crippen molar-refractivity contribution < 1.29 is 19.1 Å². The van der Waals surface area contributed by atoms with Gasteiger partial charge in [-0.3, -0.25) is 9.59 Å². The van der Waals surface area contributed by atoms with Crippen LogP contribution in [0.3, 0.4) is 0 Å². The number of anilines is 1. The number of amides is 2. The molecule has 3 aliphatic rings. The lowest BCUT2D eigenvalue weighted by molar-refractivity contribution is -0.160. The van der Waals surface area contributed by atoms with Crippen molar-refractivity contribution in [3.05, 3.63) is 29.3 Å². The number of benzene rings is 1. The van der Waals surface area contributed by atoms with Gasteiger partial charge in [-0.2, -0.15) is 0 Å². The Morgan fingerprint density at radius 3 is 2.57 bits per heavy atom. The molecule has 1 aromatic rings. The molecule has 0 radical (unpaired) electrons. The third kappa shape index (κ3) is 3.61. The number of nitrogens with one attached hydrogen (secondary N) is 1. The average Bonchev–Trinajstić information content (AvgIpc) is 2.98. The summed E-state index contributed by atoms with van der Waals surface area (Å²) in [5, 5.41) is 3.30. The van der Waals surface area contributed by atoms with Crippen LogP contribution in [-0.2, 0) is 14.3 Å². The summed E-state index contributed by atoms with van der Waals surface area (Å²) in [6, 6.07) is 6.09. The molecule has 1 aromatic carbocycles. The maximum Gasteiger partial charge on any atom is 0.256 e. The van der Waals surface area contributed by atoms with E-state index in [1.807, 2.05) is 41.8 Å². The van der Waals surface area contributed by atoms with E-state index in [0.717, 1.165) is 36.2 Å². The molecule has 3 fully saturated rings. The Morgan fingerprint density at radius 2 is 1.93 bits per heavy atom. The van der Waals surface area contributed by atoms with Crippen LogP contribution in [-0.4, -0.2) is 79.3 Å². The van der Waals surface area contributed by atoms with Crippen LogP contribution in [0.25, 0.3) is 0 Å². The van der Waals surface area contributed by atoms with E-state index in [9.17, 15) is 9.59 Å². The van der Waals surface area contributed by atoms with Crippen LogP contribution in [0, 0.1) is 6.92 Å². The van der Waals surface area contributed by atoms with Gasteiger partial charge in [0.25, 0.3) is 11.8 Å². The van der Waals surface area contributed by atoms with Crippen molar-refractivity contribution in [3.8, 4) is 0 Å². The zero-order chi connectivity index (χ0) is 19.7. The molecule has 7 nitrogen and oxygen atoms in total. The van der Waals surface area contributed by atoms with Gasteiger partial charge in [-0.25, -0.2) is 0 Å². The Bertz CT molecular complexity index is 733. The second kappa shape index (κ2) is 8.09. The Morgan fingerprint density at radius 1 is 1.18 bits per heavy atom. The highest BCUT2D eigenvalue weighted by molar-refractivity contribution is 6.00. The lowest BCUT2D eigenvalue weighted by Gasteiger charge is -2.42. The van der Waals surface area contributed by atoms with Crippen molar-refractivity contribution in [3.63, 3.8) is 0 Å². The van der Waals surface area contributed by atoms with Gasteiger partial charge in [-0.15, -0.1) is 0 Å². The molecular formula is C21H29N3O4. The number of aryl methyl sites for hydroxylation is 1. The number of carbonyl (C=O) groups excluding carboxylic acids is 2. The number of piperazine rings is 1. The topological polar surface area (TPSA) is 71.1 Å². The first kappa shape index (κ1) is 19.2. The van der Waals surface area contributed by atoms with Crippen LogP contribution in [0.5, 0.6) is 0 Å². The van der Waals surface area contributed by atoms with Crippen LogP contribution in [0.2, 0.25) is 0 Å². The highest BCUT2D eigenvalue weighted by atomic mass is 16.6. The maximum absolute atomic E-state index is 13.4. The fourth-order valence-corrected chi connectivity index (χ4v) is 4.57. The Balaban J connectivity index is 1.50. The number of likely N-dealkylation sites (tertiary alicyclic amines) is 1. The van der Waals surface area contributed by atoms with E-state index in [1.54, 1.807) is 0 Å². The minimum atomic E-state index is -0.507. The molecule has 4 rings (SSSR count). The first-order valence-corrected chi connectivity index (χ1v) is 10.2. The summed E-state index contributed by atoms with van der Waals surface area (Å²) in [5.41, 5.74) is 2.67. The minimum Gasteiger partial charge on any atom is -0.385 e. The zero-order valence-electron chi connectivity index (χ0n) is 16.6. The number of carbonyl (C=O) groups is 2. The minimum absolute atomic E-state index is 0.00686. The van der Waals surface area contributed by atoms with Gasteiger partial charge in [0, 0.05) is 25.3 Å². The molecule has 0 saturated carbocycles. The van der Waals surface area contributed by atoms with Gasteiger partial charge in [-0.1, -0.05) is 11.6 Å². The Hall–Kier alpha value is -2.12. The summed E-state index contributed by atoms with van der Waals surface area (Å²) in [6.07, 6.45) is 1.36. The molecule has 2 bridgehead atoms. The van der Waals surface area contributed by atoms with E-state index >= 15 is 0 Å². The normalized spacial score (nSPS) is 27.0. The number of hydrogen-bond donors (Lipinski definition) is 1. The van der Waals surface area contributed by atoms with E-state index in [1.165, 1.54) is 0 Å². The quantitative estimate of drug-likeness (QED) is 0.851. The summed E-state index contributed by atoms with van der Waals surface area (Å²) < 4.78 is 11.0. The highest BCUT2D eigenvalue weighted by Crippen LogP contribution is 2.33. The number of nitrogens with zero attached hydrogens (tertiary/aromatic N) is 2. The number of rotatable bonds is 4. The van der Waals surface area contributed by atoms with E-state index in [0.29, 0.717) is 32.9 Å². The molecular weight excluding hydrogens is 358 g/mol. The fourth-order valence-electron chi connectivity index (χ4n) is 4.57. The van der Waals surface area contributed by atoms with Crippen molar-refractivity contribution in [1.29, 1.82) is 0 Å². The second-order valence-corrected chi connectivity index (χ2v) is 7.85. The van der Waals surface area contributed by atoms with Gasteiger partial charge in [0.1, 0.15) is 0 Å². The fraction of sp³-hybridized carbons (Fsp3) is 0.619. The molecule has 28 heavy (non-hydrogen) atoms. The standard InChI is InChI=1S/C21H29N3O4/c1-3-22-18-7-4-14(2)10-17(18)20(25)24-15-5-6-16(24)12-23(11-15)21(26)19-13-27-8-9-28-19/h4,7,10,15-16,19,22H,3,5-6,8-9,11-13H2,1-2H3. The molecule has 3 aliphatic heterocycles. The van der Waals surface area contributed by atoms with Crippen LogP contribution in [0.4, 0.5) is 5.69 Å². The van der Waals surface area contributed by atoms with Gasteiger partial charge in [-0.05, 0) is 38.8 Å². The molecule has 3 unspecified atom stereocenters. The van der Waals surface area contributed by atoms with Crippen LogP contribution < -0.4 is 5.32 Å². The molecule has 0 aliphatic carbocycles. The number of ether oxygens (including phenoxy) is 2. The van der Waals surface area contributed by atoms with E-state index in [2.05, 4.69) is 5.32 Å².